The van der Waals surface area contributed by atoms with Crippen LogP contribution in [0.5, 0.6) is 0 Å². The van der Waals surface area contributed by atoms with Gasteiger partial charge in [-0.1, -0.05) is 6.42 Å². The number of rotatable bonds is 6. The zero-order chi connectivity index (χ0) is 13.5. The van der Waals surface area contributed by atoms with E-state index in [1.54, 1.807) is 0 Å². The summed E-state index contributed by atoms with van der Waals surface area (Å²) in [5.74, 6) is 0.471. The number of carbonyl (C=O) groups is 2. The summed E-state index contributed by atoms with van der Waals surface area (Å²) in [7, 11) is 0. The molecule has 0 radical (unpaired) electrons. The van der Waals surface area contributed by atoms with E-state index in [1.807, 2.05) is 0 Å². The summed E-state index contributed by atoms with van der Waals surface area (Å²) in [4.78, 5) is 22.7. The Kier molecular flexibility index (Phi) is 6.49. The highest BCUT2D eigenvalue weighted by atomic mass is 32.1. The molecule has 0 bridgehead atoms. The average molecular weight is 274 g/mol. The van der Waals surface area contributed by atoms with Crippen molar-refractivity contribution in [3.63, 3.8) is 0 Å². The van der Waals surface area contributed by atoms with Gasteiger partial charge in [-0.25, -0.2) is 0 Å². The van der Waals surface area contributed by atoms with Crippen LogP contribution in [0.3, 0.4) is 0 Å². The summed E-state index contributed by atoms with van der Waals surface area (Å²) in [6.45, 7) is 2.12. The van der Waals surface area contributed by atoms with Crippen molar-refractivity contribution in [3.05, 3.63) is 0 Å². The lowest BCUT2D eigenvalue weighted by Crippen LogP contribution is -2.48. The second-order valence-electron chi connectivity index (χ2n) is 4.81. The minimum atomic E-state index is -0.584. The molecule has 1 aliphatic carbocycles. The Morgan fingerprint density at radius 3 is 2.61 bits per heavy atom. The molecule has 0 spiro atoms. The lowest BCUT2D eigenvalue weighted by atomic mass is 9.97. The van der Waals surface area contributed by atoms with Gasteiger partial charge in [0.05, 0.1) is 0 Å². The van der Waals surface area contributed by atoms with Gasteiger partial charge < -0.3 is 15.7 Å². The fraction of sp³-hybridized carbons (Fsp3) is 0.833. The van der Waals surface area contributed by atoms with Gasteiger partial charge in [0.25, 0.3) is 0 Å². The molecule has 104 valence electrons. The average Bonchev–Trinajstić information content (AvgIpc) is 2.80. The van der Waals surface area contributed by atoms with Gasteiger partial charge in [-0.2, -0.15) is 12.6 Å². The molecule has 1 saturated carbocycles. The summed E-state index contributed by atoms with van der Waals surface area (Å²) >= 11 is 4.05. The Balaban J connectivity index is 2.37. The maximum absolute atomic E-state index is 11.8. The van der Waals surface area contributed by atoms with Crippen molar-refractivity contribution in [2.75, 3.05) is 18.9 Å². The SMILES string of the molecule is CC(=O)NC(CS)C(=O)NCC1CCCC1CO. The van der Waals surface area contributed by atoms with E-state index in [1.165, 1.54) is 6.92 Å². The topological polar surface area (TPSA) is 78.4 Å². The molecule has 0 aromatic heterocycles. The van der Waals surface area contributed by atoms with E-state index in [9.17, 15) is 14.7 Å². The first-order valence-corrected chi connectivity index (χ1v) is 6.98. The molecule has 1 fully saturated rings. The summed E-state index contributed by atoms with van der Waals surface area (Å²) in [5, 5.41) is 14.6. The molecule has 3 atom stereocenters. The molecule has 0 saturated heterocycles. The largest absolute Gasteiger partial charge is 0.396 e. The Bertz CT molecular complexity index is 299. The van der Waals surface area contributed by atoms with Crippen molar-refractivity contribution < 1.29 is 14.7 Å². The predicted octanol–water partition coefficient (Wildman–Crippen LogP) is -0.0543. The van der Waals surface area contributed by atoms with Gasteiger partial charge in [0.2, 0.25) is 11.8 Å². The van der Waals surface area contributed by atoms with E-state index in [0.717, 1.165) is 19.3 Å². The number of aliphatic hydroxyl groups excluding tert-OH is 1. The van der Waals surface area contributed by atoms with Crippen LogP contribution in [0.15, 0.2) is 0 Å². The predicted molar refractivity (Wildman–Crippen MR) is 72.4 cm³/mol. The number of carbonyl (C=O) groups excluding carboxylic acids is 2. The molecule has 0 aromatic carbocycles. The van der Waals surface area contributed by atoms with Crippen molar-refractivity contribution in [1.29, 1.82) is 0 Å². The molecule has 0 heterocycles. The first-order chi connectivity index (χ1) is 8.58. The molecule has 5 nitrogen and oxygen atoms in total. The zero-order valence-electron chi connectivity index (χ0n) is 10.7. The van der Waals surface area contributed by atoms with Crippen LogP contribution in [0.4, 0.5) is 0 Å². The highest BCUT2D eigenvalue weighted by molar-refractivity contribution is 7.80. The molecule has 1 aliphatic rings. The fourth-order valence-corrected chi connectivity index (χ4v) is 2.67. The van der Waals surface area contributed by atoms with Crippen LogP contribution in [-0.2, 0) is 9.59 Å². The molecule has 0 aliphatic heterocycles. The van der Waals surface area contributed by atoms with E-state index in [4.69, 9.17) is 0 Å². The molecular formula is C12H22N2O3S. The number of thiol groups is 1. The van der Waals surface area contributed by atoms with Crippen LogP contribution >= 0.6 is 12.6 Å². The van der Waals surface area contributed by atoms with Crippen LogP contribution in [-0.4, -0.2) is 41.9 Å². The van der Waals surface area contributed by atoms with E-state index in [0.29, 0.717) is 18.4 Å². The molecule has 1 rings (SSSR count). The second-order valence-corrected chi connectivity index (χ2v) is 5.18. The summed E-state index contributed by atoms with van der Waals surface area (Å²) in [6, 6.07) is -0.584. The first-order valence-electron chi connectivity index (χ1n) is 6.35. The third kappa shape index (κ3) is 4.49. The van der Waals surface area contributed by atoms with Crippen molar-refractivity contribution in [3.8, 4) is 0 Å². The third-order valence-electron chi connectivity index (χ3n) is 3.47. The quantitative estimate of drug-likeness (QED) is 0.513. The molecule has 18 heavy (non-hydrogen) atoms. The monoisotopic (exact) mass is 274 g/mol. The summed E-state index contributed by atoms with van der Waals surface area (Å²) in [5.41, 5.74) is 0. The molecule has 6 heteroatoms. The smallest absolute Gasteiger partial charge is 0.243 e. The Morgan fingerprint density at radius 2 is 2.06 bits per heavy atom. The van der Waals surface area contributed by atoms with Crippen LogP contribution in [0.25, 0.3) is 0 Å². The molecule has 0 aromatic rings. The van der Waals surface area contributed by atoms with E-state index in [2.05, 4.69) is 23.3 Å². The fourth-order valence-electron chi connectivity index (χ4n) is 2.42. The molecule has 3 unspecified atom stereocenters. The minimum Gasteiger partial charge on any atom is -0.396 e. The number of amides is 2. The van der Waals surface area contributed by atoms with Gasteiger partial charge in [0.1, 0.15) is 6.04 Å². The third-order valence-corrected chi connectivity index (χ3v) is 3.83. The second kappa shape index (κ2) is 7.63. The standard InChI is InChI=1S/C12H22N2O3S/c1-8(16)14-11(7-18)12(17)13-5-9-3-2-4-10(9)6-15/h9-11,15,18H,2-7H2,1H3,(H,13,17)(H,14,16). The number of nitrogens with one attached hydrogen (secondary N) is 2. The van der Waals surface area contributed by atoms with Gasteiger partial charge in [-0.3, -0.25) is 9.59 Å². The lowest BCUT2D eigenvalue weighted by Gasteiger charge is -2.20. The lowest BCUT2D eigenvalue weighted by molar-refractivity contribution is -0.127. The Labute approximate surface area is 113 Å². The summed E-state index contributed by atoms with van der Waals surface area (Å²) in [6.07, 6.45) is 3.17. The highest BCUT2D eigenvalue weighted by Gasteiger charge is 2.27. The van der Waals surface area contributed by atoms with Crippen LogP contribution in [0, 0.1) is 11.8 Å². The molecule has 2 amide bonds. The Hall–Kier alpha value is -0.750. The van der Waals surface area contributed by atoms with Gasteiger partial charge >= 0.3 is 0 Å². The maximum Gasteiger partial charge on any atom is 0.243 e. The van der Waals surface area contributed by atoms with Crippen molar-refractivity contribution in [1.82, 2.24) is 10.6 Å². The van der Waals surface area contributed by atoms with E-state index >= 15 is 0 Å². The van der Waals surface area contributed by atoms with E-state index < -0.39 is 6.04 Å². The zero-order valence-corrected chi connectivity index (χ0v) is 11.6. The van der Waals surface area contributed by atoms with Crippen LogP contribution < -0.4 is 10.6 Å². The number of hydrogen-bond donors (Lipinski definition) is 4. The van der Waals surface area contributed by atoms with Crippen molar-refractivity contribution in [2.24, 2.45) is 11.8 Å². The molecular weight excluding hydrogens is 252 g/mol. The van der Waals surface area contributed by atoms with E-state index in [-0.39, 0.29) is 24.2 Å². The van der Waals surface area contributed by atoms with Gasteiger partial charge in [-0.05, 0) is 24.7 Å². The normalized spacial score (nSPS) is 24.6. The number of hydrogen-bond acceptors (Lipinski definition) is 4. The Morgan fingerprint density at radius 1 is 1.39 bits per heavy atom. The van der Waals surface area contributed by atoms with Crippen molar-refractivity contribution in [2.45, 2.75) is 32.2 Å². The van der Waals surface area contributed by atoms with Gasteiger partial charge in [-0.15, -0.1) is 0 Å². The molecule has 3 N–H and O–H groups in total. The maximum atomic E-state index is 11.8. The van der Waals surface area contributed by atoms with Gasteiger partial charge in [0.15, 0.2) is 0 Å². The van der Waals surface area contributed by atoms with Crippen LogP contribution in [0.2, 0.25) is 0 Å². The number of aliphatic hydroxyl groups is 1. The highest BCUT2D eigenvalue weighted by Crippen LogP contribution is 2.30. The first kappa shape index (κ1) is 15.3. The van der Waals surface area contributed by atoms with Crippen LogP contribution in [0.1, 0.15) is 26.2 Å². The van der Waals surface area contributed by atoms with Crippen molar-refractivity contribution >= 4 is 24.4 Å². The minimum absolute atomic E-state index is 0.183. The summed E-state index contributed by atoms with van der Waals surface area (Å²) < 4.78 is 0. The van der Waals surface area contributed by atoms with Gasteiger partial charge in [0, 0.05) is 25.8 Å².